The smallest absolute Gasteiger partial charge is 0.416 e. The van der Waals surface area contributed by atoms with Gasteiger partial charge in [0, 0.05) is 45.2 Å². The zero-order chi connectivity index (χ0) is 35.1. The van der Waals surface area contributed by atoms with Crippen LogP contribution in [0.5, 0.6) is 0 Å². The molecule has 2 aliphatic carbocycles. The van der Waals surface area contributed by atoms with Crippen molar-refractivity contribution in [3.05, 3.63) is 69.6 Å². The molecule has 48 heavy (non-hydrogen) atoms. The Bertz CT molecular complexity index is 1480. The molecule has 2 aliphatic rings. The molecule has 5 rings (SSSR count). The summed E-state index contributed by atoms with van der Waals surface area (Å²) in [6.07, 6.45) is -0.00393. The molecule has 1 fully saturated rings. The zero-order valence-corrected chi connectivity index (χ0v) is 27.7. The molecule has 0 amide bonds. The number of aryl methyl sites for hydroxylation is 3. The second-order valence-electron chi connectivity index (χ2n) is 12.7. The number of aromatic nitrogens is 2. The number of nitrogens with zero attached hydrogens (tertiary/aromatic N) is 4. The number of hydrogen-bond donors (Lipinski definition) is 1. The van der Waals surface area contributed by atoms with Gasteiger partial charge in [-0.05, 0) is 103 Å². The minimum atomic E-state index is -4.93. The van der Waals surface area contributed by atoms with Gasteiger partial charge in [0.15, 0.2) is 0 Å². The van der Waals surface area contributed by atoms with E-state index in [1.54, 1.807) is 11.8 Å². The minimum absolute atomic E-state index is 0.110. The molecular formula is C35H44F6N4O3. The Morgan fingerprint density at radius 3 is 2.02 bits per heavy atom. The summed E-state index contributed by atoms with van der Waals surface area (Å²) in [5.74, 6) is 0.258. The van der Waals surface area contributed by atoms with Crippen LogP contribution in [0.2, 0.25) is 0 Å². The molecule has 2 aromatic carbocycles. The summed E-state index contributed by atoms with van der Waals surface area (Å²) in [6, 6.07) is 6.03. The lowest BCUT2D eigenvalue weighted by molar-refractivity contribution is -0.143. The number of carboxylic acid groups (broad SMARTS) is 1. The lowest BCUT2D eigenvalue weighted by atomic mass is 10.0. The number of halogens is 6. The van der Waals surface area contributed by atoms with Gasteiger partial charge < -0.3 is 19.4 Å². The maximum absolute atomic E-state index is 13.6. The molecule has 1 heterocycles. The third-order valence-corrected chi connectivity index (χ3v) is 8.89. The highest BCUT2D eigenvalue weighted by atomic mass is 19.4. The number of rotatable bonds is 12. The number of anilines is 2. The molecule has 0 aliphatic heterocycles. The fourth-order valence-corrected chi connectivity index (χ4v) is 6.46. The average Bonchev–Trinajstić information content (AvgIpc) is 3.80. The van der Waals surface area contributed by atoms with Crippen molar-refractivity contribution in [1.29, 1.82) is 0 Å². The molecule has 0 atom stereocenters. The van der Waals surface area contributed by atoms with Crippen LogP contribution in [0.3, 0.4) is 0 Å². The van der Waals surface area contributed by atoms with E-state index in [2.05, 4.69) is 34.1 Å². The summed E-state index contributed by atoms with van der Waals surface area (Å²) in [4.78, 5) is 18.0. The average molecular weight is 683 g/mol. The van der Waals surface area contributed by atoms with E-state index in [-0.39, 0.29) is 36.6 Å². The first kappa shape index (κ1) is 37.1. The van der Waals surface area contributed by atoms with Gasteiger partial charge in [0.05, 0.1) is 11.1 Å². The molecule has 0 spiro atoms. The predicted molar refractivity (Wildman–Crippen MR) is 171 cm³/mol. The molecule has 1 N–H and O–H groups in total. The standard InChI is InChI=1S/C30H34F6N4O.C5H10O2/c1-3-39(16-20-7-4-5-8-20)27-14-23-10-6-9-22(23)13-24(27)18-40(28-37-19(2)41-38-28)17-21-11-25(29(31,32)33)15-26(12-21)30(34,35)36;1-2-3-4-5(6)7/h11-15,20H,3-10,16-18H2,1-2H3;2-4H2,1H3,(H,6,7). The molecule has 0 saturated heterocycles. The quantitative estimate of drug-likeness (QED) is 0.191. The van der Waals surface area contributed by atoms with E-state index in [0.717, 1.165) is 68.6 Å². The highest BCUT2D eigenvalue weighted by Crippen LogP contribution is 2.38. The van der Waals surface area contributed by atoms with Crippen LogP contribution < -0.4 is 9.80 Å². The van der Waals surface area contributed by atoms with E-state index >= 15 is 0 Å². The number of alkyl halides is 6. The van der Waals surface area contributed by atoms with Crippen molar-refractivity contribution in [3.8, 4) is 0 Å². The van der Waals surface area contributed by atoms with Gasteiger partial charge in [-0.3, -0.25) is 4.79 Å². The van der Waals surface area contributed by atoms with Gasteiger partial charge in [0.1, 0.15) is 0 Å². The summed E-state index contributed by atoms with van der Waals surface area (Å²) in [5, 5.41) is 12.0. The molecule has 3 aromatic rings. The van der Waals surface area contributed by atoms with Crippen molar-refractivity contribution in [2.45, 2.75) is 110 Å². The minimum Gasteiger partial charge on any atom is -0.481 e. The van der Waals surface area contributed by atoms with Crippen molar-refractivity contribution in [2.24, 2.45) is 5.92 Å². The summed E-state index contributed by atoms with van der Waals surface area (Å²) >= 11 is 0. The van der Waals surface area contributed by atoms with Crippen LogP contribution in [0.4, 0.5) is 38.0 Å². The van der Waals surface area contributed by atoms with Gasteiger partial charge in [-0.2, -0.15) is 31.3 Å². The molecule has 13 heteroatoms. The summed E-state index contributed by atoms with van der Waals surface area (Å²) in [5.41, 5.74) is 1.67. The summed E-state index contributed by atoms with van der Waals surface area (Å²) in [6.45, 7) is 7.29. The van der Waals surface area contributed by atoms with Gasteiger partial charge in [-0.1, -0.05) is 32.3 Å². The van der Waals surface area contributed by atoms with Crippen LogP contribution in [0.25, 0.3) is 0 Å². The Balaban J connectivity index is 0.000000671. The van der Waals surface area contributed by atoms with E-state index in [1.165, 1.54) is 36.8 Å². The van der Waals surface area contributed by atoms with Gasteiger partial charge in [0.25, 0.3) is 5.95 Å². The fraction of sp³-hybridized carbons (Fsp3) is 0.571. The maximum Gasteiger partial charge on any atom is 0.416 e. The van der Waals surface area contributed by atoms with Crippen LogP contribution in [0, 0.1) is 12.8 Å². The third kappa shape index (κ3) is 10.1. The Morgan fingerprint density at radius 2 is 1.52 bits per heavy atom. The highest BCUT2D eigenvalue weighted by molar-refractivity contribution is 5.66. The number of unbranched alkanes of at least 4 members (excludes halogenated alkanes) is 1. The van der Waals surface area contributed by atoms with Crippen molar-refractivity contribution in [2.75, 3.05) is 22.9 Å². The molecule has 264 valence electrons. The maximum atomic E-state index is 13.6. The van der Waals surface area contributed by atoms with E-state index in [4.69, 9.17) is 9.63 Å². The molecule has 0 unspecified atom stereocenters. The van der Waals surface area contributed by atoms with Crippen molar-refractivity contribution >= 4 is 17.6 Å². The zero-order valence-electron chi connectivity index (χ0n) is 27.7. The molecule has 0 radical (unpaired) electrons. The van der Waals surface area contributed by atoms with Crippen LogP contribution in [0.15, 0.2) is 34.9 Å². The van der Waals surface area contributed by atoms with Crippen molar-refractivity contribution in [3.63, 3.8) is 0 Å². The van der Waals surface area contributed by atoms with Gasteiger partial charge >= 0.3 is 18.3 Å². The molecule has 7 nitrogen and oxygen atoms in total. The second-order valence-corrected chi connectivity index (χ2v) is 12.7. The summed E-state index contributed by atoms with van der Waals surface area (Å²) < 4.78 is 86.7. The molecule has 1 aromatic heterocycles. The van der Waals surface area contributed by atoms with Crippen LogP contribution in [0.1, 0.15) is 104 Å². The SMILES string of the molecule is CCCCC(=O)O.CCN(CC1CCCC1)c1cc2c(cc1CN(Cc1cc(C(F)(F)F)cc(C(F)(F)F)c1)c1noc(C)n1)CCC2. The predicted octanol–water partition coefficient (Wildman–Crippen LogP) is 9.39. The van der Waals surface area contributed by atoms with E-state index in [9.17, 15) is 31.1 Å². The Morgan fingerprint density at radius 1 is 0.896 bits per heavy atom. The third-order valence-electron chi connectivity index (χ3n) is 8.89. The number of carboxylic acids is 1. The molecule has 1 saturated carbocycles. The second kappa shape index (κ2) is 16.1. The number of benzene rings is 2. The topological polar surface area (TPSA) is 82.7 Å². The fourth-order valence-electron chi connectivity index (χ4n) is 6.46. The van der Waals surface area contributed by atoms with Crippen molar-refractivity contribution in [1.82, 2.24) is 10.1 Å². The normalized spacial score (nSPS) is 14.9. The number of fused-ring (bicyclic) bond motifs is 1. The number of carbonyl (C=O) groups is 1. The Kier molecular flexibility index (Phi) is 12.4. The van der Waals surface area contributed by atoms with Crippen LogP contribution in [-0.2, 0) is 43.1 Å². The first-order valence-corrected chi connectivity index (χ1v) is 16.6. The monoisotopic (exact) mass is 682 g/mol. The number of aliphatic carboxylic acids is 1. The number of hydrogen-bond acceptors (Lipinski definition) is 6. The molecule has 0 bridgehead atoms. The van der Waals surface area contributed by atoms with E-state index in [0.29, 0.717) is 12.3 Å². The van der Waals surface area contributed by atoms with Crippen molar-refractivity contribution < 1.29 is 40.8 Å². The first-order chi connectivity index (χ1) is 22.7. The van der Waals surface area contributed by atoms with Crippen LogP contribution >= 0.6 is 0 Å². The van der Waals surface area contributed by atoms with E-state index in [1.807, 2.05) is 6.92 Å². The highest BCUT2D eigenvalue weighted by Gasteiger charge is 2.37. The summed E-state index contributed by atoms with van der Waals surface area (Å²) in [7, 11) is 0. The van der Waals surface area contributed by atoms with Gasteiger partial charge in [-0.25, -0.2) is 0 Å². The van der Waals surface area contributed by atoms with Gasteiger partial charge in [0.2, 0.25) is 5.89 Å². The molecular weight excluding hydrogens is 638 g/mol. The Hall–Kier alpha value is -3.77. The van der Waals surface area contributed by atoms with Gasteiger partial charge in [-0.15, -0.1) is 0 Å². The van der Waals surface area contributed by atoms with Crippen LogP contribution in [-0.4, -0.2) is 34.3 Å². The lowest BCUT2D eigenvalue weighted by Gasteiger charge is -2.31. The Labute approximate surface area is 277 Å². The largest absolute Gasteiger partial charge is 0.481 e. The van der Waals surface area contributed by atoms with E-state index < -0.39 is 29.4 Å². The lowest BCUT2D eigenvalue weighted by Crippen LogP contribution is -2.31. The first-order valence-electron chi connectivity index (χ1n) is 16.6.